The second kappa shape index (κ2) is 13.2. The number of unbranched alkanes of at least 4 members (excludes halogenated alkanes) is 2. The van der Waals surface area contributed by atoms with E-state index in [1.165, 1.54) is 12.8 Å². The van der Waals surface area contributed by atoms with Crippen LogP contribution in [0.1, 0.15) is 46.0 Å². The summed E-state index contributed by atoms with van der Waals surface area (Å²) in [6, 6.07) is 0. The highest BCUT2D eigenvalue weighted by Gasteiger charge is 1.95. The number of rotatable bonds is 5. The zero-order valence-electron chi connectivity index (χ0n) is 8.94. The Labute approximate surface area is 76.7 Å². The first-order valence-corrected chi connectivity index (χ1v) is 4.83. The van der Waals surface area contributed by atoms with E-state index in [9.17, 15) is 4.79 Å². The van der Waals surface area contributed by atoms with E-state index in [4.69, 9.17) is 0 Å². The molecule has 0 atom stereocenters. The van der Waals surface area contributed by atoms with Crippen molar-refractivity contribution >= 4 is 5.78 Å². The lowest BCUT2D eigenvalue weighted by Gasteiger charge is -1.93. The van der Waals surface area contributed by atoms with Gasteiger partial charge in [0.2, 0.25) is 0 Å². The summed E-state index contributed by atoms with van der Waals surface area (Å²) in [6.45, 7) is 4.07. The van der Waals surface area contributed by atoms with Gasteiger partial charge in [0.25, 0.3) is 0 Å². The van der Waals surface area contributed by atoms with Crippen LogP contribution < -0.4 is 5.32 Å². The standard InChI is InChI=1S/C8H16O.C2H7N/c1-3-5-6-7-8(9)4-2;1-3-2/h3-7H2,1-2H3;3H,1-2H3. The molecule has 2 nitrogen and oxygen atoms in total. The lowest BCUT2D eigenvalue weighted by atomic mass is 10.1. The van der Waals surface area contributed by atoms with E-state index in [0.29, 0.717) is 12.2 Å². The van der Waals surface area contributed by atoms with E-state index < -0.39 is 0 Å². The summed E-state index contributed by atoms with van der Waals surface area (Å²) >= 11 is 0. The van der Waals surface area contributed by atoms with Gasteiger partial charge in [-0.1, -0.05) is 26.7 Å². The third-order valence-electron chi connectivity index (χ3n) is 1.45. The molecule has 1 N–H and O–H groups in total. The van der Waals surface area contributed by atoms with E-state index >= 15 is 0 Å². The molecule has 0 aromatic rings. The van der Waals surface area contributed by atoms with Crippen LogP contribution in [0.3, 0.4) is 0 Å². The molecule has 12 heavy (non-hydrogen) atoms. The highest BCUT2D eigenvalue weighted by atomic mass is 16.1. The van der Waals surface area contributed by atoms with Crippen LogP contribution >= 0.6 is 0 Å². The van der Waals surface area contributed by atoms with Gasteiger partial charge in [-0.25, -0.2) is 0 Å². The Morgan fingerprint density at radius 2 is 1.67 bits per heavy atom. The predicted octanol–water partition coefficient (Wildman–Crippen LogP) is 2.38. The lowest BCUT2D eigenvalue weighted by molar-refractivity contribution is -0.118. The predicted molar refractivity (Wildman–Crippen MR) is 54.4 cm³/mol. The van der Waals surface area contributed by atoms with Crippen LogP contribution in [0.4, 0.5) is 0 Å². The molecule has 0 bridgehead atoms. The molecule has 0 spiro atoms. The maximum Gasteiger partial charge on any atom is 0.132 e. The van der Waals surface area contributed by atoms with E-state index in [2.05, 4.69) is 12.2 Å². The molecular formula is C10H23NO. The minimum Gasteiger partial charge on any atom is -0.323 e. The molecule has 2 heteroatoms. The van der Waals surface area contributed by atoms with Crippen molar-refractivity contribution < 1.29 is 4.79 Å². The van der Waals surface area contributed by atoms with Gasteiger partial charge < -0.3 is 5.32 Å². The SMILES string of the molecule is CCCCCC(=O)CC.CNC. The summed E-state index contributed by atoms with van der Waals surface area (Å²) in [5.41, 5.74) is 0. The van der Waals surface area contributed by atoms with Gasteiger partial charge in [0.15, 0.2) is 0 Å². The Hall–Kier alpha value is -0.370. The number of hydrogen-bond acceptors (Lipinski definition) is 2. The van der Waals surface area contributed by atoms with Crippen molar-refractivity contribution in [3.63, 3.8) is 0 Å². The van der Waals surface area contributed by atoms with Crippen molar-refractivity contribution in [3.05, 3.63) is 0 Å². The Morgan fingerprint density at radius 3 is 2.00 bits per heavy atom. The summed E-state index contributed by atoms with van der Waals surface area (Å²) in [5, 5.41) is 2.75. The van der Waals surface area contributed by atoms with E-state index in [0.717, 1.165) is 12.8 Å². The fourth-order valence-corrected chi connectivity index (χ4v) is 0.749. The lowest BCUT2D eigenvalue weighted by Crippen LogP contribution is -1.93. The maximum absolute atomic E-state index is 10.7. The molecule has 0 amide bonds. The molecular weight excluding hydrogens is 150 g/mol. The zero-order valence-corrected chi connectivity index (χ0v) is 8.94. The fraction of sp³-hybridized carbons (Fsp3) is 0.900. The van der Waals surface area contributed by atoms with Gasteiger partial charge in [-0.2, -0.15) is 0 Å². The van der Waals surface area contributed by atoms with Crippen molar-refractivity contribution in [3.8, 4) is 0 Å². The van der Waals surface area contributed by atoms with Crippen molar-refractivity contribution in [2.45, 2.75) is 46.0 Å². The number of Topliss-reactive ketones (excluding diaryl/α,β-unsaturated/α-hetero) is 1. The maximum atomic E-state index is 10.7. The first-order chi connectivity index (χ1) is 5.72. The van der Waals surface area contributed by atoms with E-state index in [-0.39, 0.29) is 0 Å². The third-order valence-corrected chi connectivity index (χ3v) is 1.45. The summed E-state index contributed by atoms with van der Waals surface area (Å²) in [5.74, 6) is 0.406. The first kappa shape index (κ1) is 14.2. The number of nitrogens with one attached hydrogen (secondary N) is 1. The fourth-order valence-electron chi connectivity index (χ4n) is 0.749. The summed E-state index contributed by atoms with van der Waals surface area (Å²) in [4.78, 5) is 10.7. The van der Waals surface area contributed by atoms with Crippen LogP contribution in [0.15, 0.2) is 0 Å². The van der Waals surface area contributed by atoms with Crippen molar-refractivity contribution in [2.24, 2.45) is 0 Å². The second-order valence-electron chi connectivity index (χ2n) is 2.85. The Bertz CT molecular complexity index is 91.8. The average molecular weight is 173 g/mol. The van der Waals surface area contributed by atoms with Gasteiger partial charge >= 0.3 is 0 Å². The van der Waals surface area contributed by atoms with Gasteiger partial charge in [0.05, 0.1) is 0 Å². The summed E-state index contributed by atoms with van der Waals surface area (Å²) in [7, 11) is 3.75. The molecule has 0 aliphatic heterocycles. The highest BCUT2D eigenvalue weighted by molar-refractivity contribution is 5.77. The van der Waals surface area contributed by atoms with Crippen LogP contribution in [-0.4, -0.2) is 19.9 Å². The average Bonchev–Trinajstić information content (AvgIpc) is 2.06. The molecule has 0 unspecified atom stereocenters. The number of carbonyl (C=O) groups excluding carboxylic acids is 1. The van der Waals surface area contributed by atoms with Crippen LogP contribution in [0.25, 0.3) is 0 Å². The van der Waals surface area contributed by atoms with Gasteiger partial charge in [-0.3, -0.25) is 4.79 Å². The molecule has 0 heterocycles. The van der Waals surface area contributed by atoms with Gasteiger partial charge in [-0.15, -0.1) is 0 Å². The van der Waals surface area contributed by atoms with Gasteiger partial charge in [0.1, 0.15) is 5.78 Å². The van der Waals surface area contributed by atoms with Gasteiger partial charge in [0, 0.05) is 12.8 Å². The van der Waals surface area contributed by atoms with Crippen LogP contribution in [0.2, 0.25) is 0 Å². The van der Waals surface area contributed by atoms with Crippen molar-refractivity contribution in [1.82, 2.24) is 5.32 Å². The first-order valence-electron chi connectivity index (χ1n) is 4.83. The normalized spacial score (nSPS) is 8.67. The molecule has 0 aromatic heterocycles. The number of ketones is 1. The second-order valence-corrected chi connectivity index (χ2v) is 2.85. The zero-order chi connectivity index (χ0) is 9.82. The minimum atomic E-state index is 0.406. The Kier molecular flexibility index (Phi) is 15.6. The van der Waals surface area contributed by atoms with Gasteiger partial charge in [-0.05, 0) is 20.5 Å². The smallest absolute Gasteiger partial charge is 0.132 e. The molecule has 0 saturated carbocycles. The Balaban J connectivity index is 0. The van der Waals surface area contributed by atoms with E-state index in [1.54, 1.807) is 0 Å². The molecule has 0 rings (SSSR count). The van der Waals surface area contributed by atoms with Crippen LogP contribution in [-0.2, 0) is 4.79 Å². The molecule has 0 aliphatic rings. The van der Waals surface area contributed by atoms with Crippen molar-refractivity contribution in [2.75, 3.05) is 14.1 Å². The minimum absolute atomic E-state index is 0.406. The molecule has 0 aromatic carbocycles. The van der Waals surface area contributed by atoms with Crippen LogP contribution in [0, 0.1) is 0 Å². The third kappa shape index (κ3) is 16.3. The topological polar surface area (TPSA) is 29.1 Å². The molecule has 74 valence electrons. The molecule has 0 fully saturated rings. The van der Waals surface area contributed by atoms with Crippen LogP contribution in [0.5, 0.6) is 0 Å². The molecule has 0 saturated heterocycles. The monoisotopic (exact) mass is 173 g/mol. The number of hydrogen-bond donors (Lipinski definition) is 1. The summed E-state index contributed by atoms with van der Waals surface area (Å²) < 4.78 is 0. The molecule has 0 aliphatic carbocycles. The largest absolute Gasteiger partial charge is 0.323 e. The highest BCUT2D eigenvalue weighted by Crippen LogP contribution is 2.00. The molecule has 0 radical (unpaired) electrons. The summed E-state index contributed by atoms with van der Waals surface area (Å²) in [6.07, 6.45) is 5.00. The number of carbonyl (C=O) groups is 1. The Morgan fingerprint density at radius 1 is 1.17 bits per heavy atom. The van der Waals surface area contributed by atoms with Crippen molar-refractivity contribution in [1.29, 1.82) is 0 Å². The quantitative estimate of drug-likeness (QED) is 0.647. The van der Waals surface area contributed by atoms with E-state index in [1.807, 2.05) is 21.0 Å².